The molecule has 126 valence electrons. The largest absolute Gasteiger partial charge is 0.370 e. The predicted octanol–water partition coefficient (Wildman–Crippen LogP) is 4.55. The molecule has 4 nitrogen and oxygen atoms in total. The Labute approximate surface area is 154 Å². The van der Waals surface area contributed by atoms with Crippen molar-refractivity contribution in [3.63, 3.8) is 0 Å². The van der Waals surface area contributed by atoms with E-state index in [0.29, 0.717) is 11.3 Å². The van der Waals surface area contributed by atoms with E-state index in [0.717, 1.165) is 21.2 Å². The average Bonchev–Trinajstić information content (AvgIpc) is 3.22. The van der Waals surface area contributed by atoms with E-state index in [2.05, 4.69) is 34.3 Å². The van der Waals surface area contributed by atoms with E-state index in [4.69, 9.17) is 4.84 Å². The van der Waals surface area contributed by atoms with Crippen molar-refractivity contribution in [3.8, 4) is 0 Å². The minimum atomic E-state index is -0.407. The fraction of sp³-hybridized carbons (Fsp3) is 0.0476. The molecular weight excluding hydrogens is 344 g/mol. The van der Waals surface area contributed by atoms with Crippen LogP contribution in [0.2, 0.25) is 0 Å². The molecule has 26 heavy (non-hydrogen) atoms. The zero-order valence-electron chi connectivity index (χ0n) is 14.0. The van der Waals surface area contributed by atoms with E-state index in [1.807, 2.05) is 49.5 Å². The number of nitrogens with zero attached hydrogens (tertiary/aromatic N) is 2. The first-order chi connectivity index (χ1) is 12.7. The van der Waals surface area contributed by atoms with Crippen molar-refractivity contribution >= 4 is 39.9 Å². The summed E-state index contributed by atoms with van der Waals surface area (Å²) in [4.78, 5) is 20.7. The van der Waals surface area contributed by atoms with Crippen LogP contribution in [0.5, 0.6) is 0 Å². The van der Waals surface area contributed by atoms with Crippen LogP contribution in [0.15, 0.2) is 87.4 Å². The number of benzene rings is 3. The normalized spacial score (nSPS) is 18.9. The van der Waals surface area contributed by atoms with Gasteiger partial charge >= 0.3 is 5.97 Å². The van der Waals surface area contributed by atoms with Gasteiger partial charge in [-0.1, -0.05) is 77.6 Å². The Morgan fingerprint density at radius 2 is 1.73 bits per heavy atom. The van der Waals surface area contributed by atoms with Crippen molar-refractivity contribution in [1.29, 1.82) is 0 Å². The lowest BCUT2D eigenvalue weighted by molar-refractivity contribution is -0.136. The van der Waals surface area contributed by atoms with Crippen molar-refractivity contribution in [2.45, 2.75) is 4.90 Å². The van der Waals surface area contributed by atoms with Gasteiger partial charge in [-0.25, -0.2) is 4.79 Å². The van der Waals surface area contributed by atoms with E-state index in [1.165, 1.54) is 10.8 Å². The Hall–Kier alpha value is -3.05. The zero-order valence-corrected chi connectivity index (χ0v) is 14.8. The van der Waals surface area contributed by atoms with Gasteiger partial charge in [0.05, 0.1) is 10.7 Å². The van der Waals surface area contributed by atoms with Crippen molar-refractivity contribution in [1.82, 2.24) is 0 Å². The molecule has 0 bridgehead atoms. The topological polar surface area (TPSA) is 41.9 Å². The summed E-state index contributed by atoms with van der Waals surface area (Å²) in [6, 6.07) is 22.1. The molecule has 0 fully saturated rings. The average molecular weight is 358 g/mol. The first kappa shape index (κ1) is 15.2. The van der Waals surface area contributed by atoms with Crippen LogP contribution in [0.1, 0.15) is 5.56 Å². The number of fused-ring (bicyclic) bond motifs is 3. The molecule has 0 aromatic heterocycles. The molecule has 0 saturated carbocycles. The number of hydrogen-bond acceptors (Lipinski definition) is 5. The molecule has 5 rings (SSSR count). The summed E-state index contributed by atoms with van der Waals surface area (Å²) in [7, 11) is 1.99. The highest BCUT2D eigenvalue weighted by molar-refractivity contribution is 8.03. The molecule has 0 atom stereocenters. The predicted molar refractivity (Wildman–Crippen MR) is 104 cm³/mol. The molecule has 2 heterocycles. The number of carbonyl (C=O) groups is 1. The molecule has 2 aliphatic rings. The quantitative estimate of drug-likeness (QED) is 0.473. The summed E-state index contributed by atoms with van der Waals surface area (Å²) < 4.78 is 0. The van der Waals surface area contributed by atoms with Crippen LogP contribution in [0.25, 0.3) is 10.8 Å². The number of thioether (sulfide) groups is 1. The number of anilines is 1. The second-order valence-electron chi connectivity index (χ2n) is 6.16. The van der Waals surface area contributed by atoms with Gasteiger partial charge in [-0.05, 0) is 11.5 Å². The van der Waals surface area contributed by atoms with Gasteiger partial charge in [0, 0.05) is 22.9 Å². The highest BCUT2D eigenvalue weighted by Crippen LogP contribution is 2.50. The van der Waals surface area contributed by atoms with Crippen LogP contribution >= 0.6 is 11.8 Å². The van der Waals surface area contributed by atoms with Gasteiger partial charge in [0.2, 0.25) is 0 Å². The third-order valence-corrected chi connectivity index (χ3v) is 5.85. The van der Waals surface area contributed by atoms with E-state index >= 15 is 0 Å². The maximum absolute atomic E-state index is 12.5. The van der Waals surface area contributed by atoms with Gasteiger partial charge in [-0.3, -0.25) is 0 Å². The minimum Gasteiger partial charge on any atom is -0.337 e. The number of hydrogen-bond donors (Lipinski definition) is 0. The second-order valence-corrected chi connectivity index (χ2v) is 7.19. The molecule has 0 unspecified atom stereocenters. The van der Waals surface area contributed by atoms with Crippen molar-refractivity contribution in [2.75, 3.05) is 11.9 Å². The lowest BCUT2D eigenvalue weighted by Gasteiger charge is -2.17. The highest BCUT2D eigenvalue weighted by Gasteiger charge is 2.36. The van der Waals surface area contributed by atoms with Gasteiger partial charge in [-0.15, -0.1) is 0 Å². The van der Waals surface area contributed by atoms with Gasteiger partial charge in [-0.2, -0.15) is 0 Å². The van der Waals surface area contributed by atoms with Crippen LogP contribution in [-0.2, 0) is 9.63 Å². The summed E-state index contributed by atoms with van der Waals surface area (Å²) in [6.07, 6.45) is 0. The molecule has 0 saturated heterocycles. The molecule has 3 aromatic carbocycles. The van der Waals surface area contributed by atoms with E-state index in [-0.39, 0.29) is 0 Å². The first-order valence-electron chi connectivity index (χ1n) is 8.27. The van der Waals surface area contributed by atoms with Crippen LogP contribution in [0.4, 0.5) is 5.69 Å². The molecule has 2 aliphatic heterocycles. The molecule has 0 amide bonds. The van der Waals surface area contributed by atoms with Gasteiger partial charge in [0.15, 0.2) is 0 Å². The number of carbonyl (C=O) groups excluding carboxylic acids is 1. The summed E-state index contributed by atoms with van der Waals surface area (Å²) in [6.45, 7) is 0. The Bertz CT molecular complexity index is 1120. The van der Waals surface area contributed by atoms with Crippen LogP contribution in [-0.4, -0.2) is 18.7 Å². The summed E-state index contributed by atoms with van der Waals surface area (Å²) >= 11 is 1.58. The first-order valence-corrected chi connectivity index (χ1v) is 9.08. The van der Waals surface area contributed by atoms with E-state index < -0.39 is 5.97 Å². The third kappa shape index (κ3) is 2.17. The van der Waals surface area contributed by atoms with E-state index in [9.17, 15) is 4.79 Å². The summed E-state index contributed by atoms with van der Waals surface area (Å²) in [5.74, 6) is -0.407. The van der Waals surface area contributed by atoms with Crippen molar-refractivity contribution in [2.24, 2.45) is 5.16 Å². The highest BCUT2D eigenvalue weighted by atomic mass is 32.2. The van der Waals surface area contributed by atoms with Gasteiger partial charge in [0.1, 0.15) is 11.3 Å². The Morgan fingerprint density at radius 1 is 0.962 bits per heavy atom. The van der Waals surface area contributed by atoms with Crippen LogP contribution in [0.3, 0.4) is 0 Å². The standard InChI is InChI=1S/C21H14N2O2S/c1-23-19-15-10-6-5-7-13(15)11-12-16(19)26-20(23)17-18(22-25-21(17)24)14-8-3-2-4-9-14/h2-12H,1H3/b20-17-. The number of rotatable bonds is 1. The lowest BCUT2D eigenvalue weighted by Crippen LogP contribution is -2.18. The molecule has 0 N–H and O–H groups in total. The molecule has 0 radical (unpaired) electrons. The Morgan fingerprint density at radius 3 is 2.58 bits per heavy atom. The fourth-order valence-corrected chi connectivity index (χ4v) is 4.61. The monoisotopic (exact) mass is 358 g/mol. The SMILES string of the molecule is CN1/C(=C2/C(=O)ON=C2c2ccccc2)Sc2ccc3ccccc3c21. The van der Waals surface area contributed by atoms with E-state index in [1.54, 1.807) is 11.8 Å². The molecule has 5 heteroatoms. The van der Waals surface area contributed by atoms with Crippen LogP contribution < -0.4 is 4.90 Å². The Kier molecular flexibility index (Phi) is 3.36. The molecule has 3 aromatic rings. The smallest absolute Gasteiger partial charge is 0.337 e. The fourth-order valence-electron chi connectivity index (χ4n) is 3.41. The van der Waals surface area contributed by atoms with Crippen molar-refractivity contribution in [3.05, 3.63) is 82.9 Å². The van der Waals surface area contributed by atoms with Gasteiger partial charge in [0.25, 0.3) is 0 Å². The Balaban J connectivity index is 1.69. The molecule has 0 spiro atoms. The lowest BCUT2D eigenvalue weighted by atomic mass is 10.0. The molecular formula is C21H14N2O2S. The summed E-state index contributed by atoms with van der Waals surface area (Å²) in [5, 5.41) is 7.23. The third-order valence-electron chi connectivity index (χ3n) is 4.63. The van der Waals surface area contributed by atoms with Crippen LogP contribution in [0, 0.1) is 0 Å². The van der Waals surface area contributed by atoms with Gasteiger partial charge < -0.3 is 9.74 Å². The summed E-state index contributed by atoms with van der Waals surface area (Å²) in [5.41, 5.74) is 3.09. The minimum absolute atomic E-state index is 0.407. The molecule has 0 aliphatic carbocycles. The van der Waals surface area contributed by atoms with Crippen molar-refractivity contribution < 1.29 is 9.63 Å². The maximum Gasteiger partial charge on any atom is 0.370 e. The zero-order chi connectivity index (χ0) is 17.7. The maximum atomic E-state index is 12.5. The number of oxime groups is 1. The second kappa shape index (κ2) is 5.75.